The molecule has 2 aromatic heterocycles. The predicted octanol–water partition coefficient (Wildman–Crippen LogP) is 3.58. The minimum absolute atomic E-state index is 0.121. The third-order valence-corrected chi connectivity index (χ3v) is 7.99. The molecule has 1 aromatic carbocycles. The average Bonchev–Trinajstić information content (AvgIpc) is 3.37. The molecule has 4 heterocycles. The van der Waals surface area contributed by atoms with Gasteiger partial charge in [-0.25, -0.2) is 0 Å². The Morgan fingerprint density at radius 2 is 1.64 bits per heavy atom. The minimum atomic E-state index is 0.121. The molecule has 33 heavy (non-hydrogen) atoms. The summed E-state index contributed by atoms with van der Waals surface area (Å²) in [5.74, 6) is 1.27. The van der Waals surface area contributed by atoms with Gasteiger partial charge in [-0.15, -0.1) is 10.2 Å². The van der Waals surface area contributed by atoms with Gasteiger partial charge in [0.25, 0.3) is 0 Å². The maximum atomic E-state index is 13.4. The normalized spacial score (nSPS) is 21.8. The number of para-hydroxylation sites is 2. The number of rotatable bonds is 5. The monoisotopic (exact) mass is 468 g/mol. The second-order valence-corrected chi connectivity index (χ2v) is 10.3. The van der Waals surface area contributed by atoms with Crippen LogP contribution in [0.4, 0.5) is 0 Å². The summed E-state index contributed by atoms with van der Waals surface area (Å²) in [5.41, 5.74) is 1.91. The van der Waals surface area contributed by atoms with Crippen LogP contribution in [0.5, 0.6) is 0 Å². The topological polar surface area (TPSA) is 75.7 Å². The van der Waals surface area contributed by atoms with Crippen LogP contribution in [0.3, 0.4) is 0 Å². The second-order valence-electron chi connectivity index (χ2n) is 9.35. The van der Waals surface area contributed by atoms with E-state index in [1.807, 2.05) is 43.0 Å². The molecular formula is C24H32N6O2S. The first-order chi connectivity index (χ1) is 16.0. The highest BCUT2D eigenvalue weighted by Gasteiger charge is 2.30. The maximum absolute atomic E-state index is 13.4. The Morgan fingerprint density at radius 1 is 0.939 bits per heavy atom. The molecule has 8 nitrogen and oxygen atoms in total. The Kier molecular flexibility index (Phi) is 6.32. The summed E-state index contributed by atoms with van der Waals surface area (Å²) >= 11 is 1.42. The zero-order valence-corrected chi connectivity index (χ0v) is 20.3. The molecule has 176 valence electrons. The predicted molar refractivity (Wildman–Crippen MR) is 129 cm³/mol. The number of carbonyl (C=O) groups is 2. The van der Waals surface area contributed by atoms with E-state index in [0.29, 0.717) is 16.7 Å². The van der Waals surface area contributed by atoms with E-state index >= 15 is 0 Å². The van der Waals surface area contributed by atoms with E-state index in [4.69, 9.17) is 0 Å². The van der Waals surface area contributed by atoms with Crippen molar-refractivity contribution >= 4 is 40.4 Å². The van der Waals surface area contributed by atoms with Crippen molar-refractivity contribution in [3.63, 3.8) is 0 Å². The molecule has 0 N–H and O–H groups in total. The van der Waals surface area contributed by atoms with Crippen molar-refractivity contribution in [2.45, 2.75) is 76.2 Å². The fourth-order valence-corrected chi connectivity index (χ4v) is 6.22. The molecule has 3 aromatic rings. The number of fused-ring (bicyclic) bond motifs is 3. The van der Waals surface area contributed by atoms with Gasteiger partial charge >= 0.3 is 0 Å². The lowest BCUT2D eigenvalue weighted by atomic mass is 9.97. The van der Waals surface area contributed by atoms with Crippen LogP contribution in [-0.2, 0) is 16.1 Å². The molecule has 2 unspecified atom stereocenters. The number of thioether (sulfide) groups is 1. The molecule has 2 amide bonds. The summed E-state index contributed by atoms with van der Waals surface area (Å²) in [6, 6.07) is 8.52. The van der Waals surface area contributed by atoms with E-state index in [2.05, 4.69) is 24.0 Å². The number of carbonyl (C=O) groups excluding carboxylic acids is 2. The number of hydrogen-bond acceptors (Lipinski definition) is 5. The summed E-state index contributed by atoms with van der Waals surface area (Å²) in [6.45, 7) is 6.22. The molecule has 2 atom stereocenters. The maximum Gasteiger partial charge on any atom is 0.243 e. The number of amides is 2. The Labute approximate surface area is 198 Å². The van der Waals surface area contributed by atoms with E-state index in [1.165, 1.54) is 24.6 Å². The molecule has 0 saturated carbocycles. The van der Waals surface area contributed by atoms with Crippen LogP contribution in [0.25, 0.3) is 16.8 Å². The number of imidazole rings is 1. The fraction of sp³-hybridized carbons (Fsp3) is 0.583. The number of aromatic nitrogens is 4. The van der Waals surface area contributed by atoms with Crippen molar-refractivity contribution in [2.24, 2.45) is 0 Å². The van der Waals surface area contributed by atoms with E-state index in [9.17, 15) is 9.59 Å². The molecule has 9 heteroatoms. The van der Waals surface area contributed by atoms with Crippen LogP contribution in [-0.4, -0.2) is 71.7 Å². The molecule has 2 saturated heterocycles. The third-order valence-electron chi connectivity index (χ3n) is 7.08. The zero-order chi connectivity index (χ0) is 22.9. The SMILES string of the molecule is CC1CCCC(C)N1C(=O)Cn1c2ccccc2n2c(SCC(=O)N3CCCCC3)nnc12. The first-order valence-electron chi connectivity index (χ1n) is 12.1. The Balaban J connectivity index is 1.42. The highest BCUT2D eigenvalue weighted by atomic mass is 32.2. The van der Waals surface area contributed by atoms with Crippen molar-refractivity contribution in [1.82, 2.24) is 29.0 Å². The first-order valence-corrected chi connectivity index (χ1v) is 13.1. The van der Waals surface area contributed by atoms with Crippen molar-refractivity contribution in [1.29, 1.82) is 0 Å². The minimum Gasteiger partial charge on any atom is -0.342 e. The Bertz CT molecular complexity index is 1150. The Morgan fingerprint density at radius 3 is 2.36 bits per heavy atom. The highest BCUT2D eigenvalue weighted by molar-refractivity contribution is 7.99. The number of likely N-dealkylation sites (tertiary alicyclic amines) is 2. The molecule has 0 aliphatic carbocycles. The van der Waals surface area contributed by atoms with Crippen LogP contribution in [0.1, 0.15) is 52.4 Å². The van der Waals surface area contributed by atoms with Crippen LogP contribution in [0, 0.1) is 0 Å². The van der Waals surface area contributed by atoms with Gasteiger partial charge in [0.15, 0.2) is 5.16 Å². The quantitative estimate of drug-likeness (QED) is 0.535. The van der Waals surface area contributed by atoms with Crippen molar-refractivity contribution in [3.8, 4) is 0 Å². The number of benzene rings is 1. The number of hydrogen-bond donors (Lipinski definition) is 0. The number of piperidine rings is 2. The first kappa shape index (κ1) is 22.3. The summed E-state index contributed by atoms with van der Waals surface area (Å²) in [6.07, 6.45) is 6.64. The summed E-state index contributed by atoms with van der Waals surface area (Å²) in [5, 5.41) is 9.53. The molecule has 5 rings (SSSR count). The standard InChI is InChI=1S/C24H32N6O2S/c1-17-9-8-10-18(2)29(17)21(31)15-28-19-11-4-5-12-20(19)30-23(28)25-26-24(30)33-16-22(32)27-13-6-3-7-14-27/h4-5,11-12,17-18H,3,6-10,13-16H2,1-2H3. The van der Waals surface area contributed by atoms with Gasteiger partial charge < -0.3 is 9.80 Å². The van der Waals surface area contributed by atoms with Gasteiger partial charge in [-0.2, -0.15) is 0 Å². The van der Waals surface area contributed by atoms with Crippen molar-refractivity contribution < 1.29 is 9.59 Å². The molecule has 0 spiro atoms. The van der Waals surface area contributed by atoms with Gasteiger partial charge in [0.05, 0.1) is 16.8 Å². The Hall–Kier alpha value is -2.55. The number of nitrogens with zero attached hydrogens (tertiary/aromatic N) is 6. The zero-order valence-electron chi connectivity index (χ0n) is 19.4. The van der Waals surface area contributed by atoms with Crippen molar-refractivity contribution in [2.75, 3.05) is 18.8 Å². The van der Waals surface area contributed by atoms with Gasteiger partial charge in [-0.3, -0.25) is 18.6 Å². The summed E-state index contributed by atoms with van der Waals surface area (Å²) < 4.78 is 3.95. The van der Waals surface area contributed by atoms with E-state index in [-0.39, 0.29) is 30.4 Å². The lowest BCUT2D eigenvalue weighted by molar-refractivity contribution is -0.137. The lowest BCUT2D eigenvalue weighted by Gasteiger charge is -2.39. The van der Waals surface area contributed by atoms with Crippen molar-refractivity contribution in [3.05, 3.63) is 24.3 Å². The lowest BCUT2D eigenvalue weighted by Crippen LogP contribution is -2.48. The van der Waals surface area contributed by atoms with Gasteiger partial charge in [0, 0.05) is 25.2 Å². The van der Waals surface area contributed by atoms with E-state index < -0.39 is 0 Å². The largest absolute Gasteiger partial charge is 0.342 e. The third kappa shape index (κ3) is 4.23. The molecular weight excluding hydrogens is 436 g/mol. The van der Waals surface area contributed by atoms with E-state index in [1.54, 1.807) is 0 Å². The van der Waals surface area contributed by atoms with Crippen LogP contribution < -0.4 is 0 Å². The van der Waals surface area contributed by atoms with Crippen LogP contribution in [0.2, 0.25) is 0 Å². The highest BCUT2D eigenvalue weighted by Crippen LogP contribution is 2.28. The van der Waals surface area contributed by atoms with Gasteiger partial charge in [-0.05, 0) is 64.5 Å². The second kappa shape index (κ2) is 9.37. The van der Waals surface area contributed by atoms with Crippen LogP contribution in [0.15, 0.2) is 29.4 Å². The molecule has 2 aliphatic heterocycles. The fourth-order valence-electron chi connectivity index (χ4n) is 5.38. The molecule has 2 aliphatic rings. The molecule has 0 bridgehead atoms. The average molecular weight is 469 g/mol. The van der Waals surface area contributed by atoms with Gasteiger partial charge in [0.1, 0.15) is 6.54 Å². The summed E-state index contributed by atoms with van der Waals surface area (Å²) in [7, 11) is 0. The van der Waals surface area contributed by atoms with Gasteiger partial charge in [-0.1, -0.05) is 23.9 Å². The van der Waals surface area contributed by atoms with Crippen LogP contribution >= 0.6 is 11.8 Å². The summed E-state index contributed by atoms with van der Waals surface area (Å²) in [4.78, 5) is 30.0. The smallest absolute Gasteiger partial charge is 0.243 e. The van der Waals surface area contributed by atoms with Gasteiger partial charge in [0.2, 0.25) is 17.6 Å². The molecule has 2 fully saturated rings. The van der Waals surface area contributed by atoms with E-state index in [0.717, 1.165) is 49.8 Å². The molecule has 0 radical (unpaired) electrons.